The van der Waals surface area contributed by atoms with Crippen LogP contribution in [0, 0.1) is 10.1 Å². The largest absolute Gasteiger partial charge is 0.313 e. The van der Waals surface area contributed by atoms with Crippen LogP contribution >= 0.6 is 0 Å². The molecule has 1 aliphatic rings. The van der Waals surface area contributed by atoms with Gasteiger partial charge >= 0.3 is 0 Å². The van der Waals surface area contributed by atoms with Gasteiger partial charge in [0.15, 0.2) is 0 Å². The molecule has 0 N–H and O–H groups in total. The predicted octanol–water partition coefficient (Wildman–Crippen LogP) is 2.46. The number of aromatic nitrogens is 1. The molecule has 1 aromatic rings. The lowest BCUT2D eigenvalue weighted by molar-refractivity contribution is -0.385. The number of aliphatic imine (C=N–C) groups is 1. The van der Waals surface area contributed by atoms with Crippen LogP contribution in [-0.2, 0) is 0 Å². The van der Waals surface area contributed by atoms with E-state index in [0.717, 1.165) is 0 Å². The zero-order valence-corrected chi connectivity index (χ0v) is 10.1. The molecule has 0 radical (unpaired) electrons. The Balaban J connectivity index is 2.24. The van der Waals surface area contributed by atoms with Gasteiger partial charge in [0.1, 0.15) is 12.0 Å². The van der Waals surface area contributed by atoms with Crippen molar-refractivity contribution in [1.82, 2.24) is 4.98 Å². The SMILES string of the molecule is C=C1/C=C\C=C/CN(c2ccc([N+](=O)[O-])cn2)/C=N\1. The summed E-state index contributed by atoms with van der Waals surface area (Å²) in [5, 5.41) is 10.6. The van der Waals surface area contributed by atoms with Crippen molar-refractivity contribution in [2.45, 2.75) is 0 Å². The summed E-state index contributed by atoms with van der Waals surface area (Å²) in [6.45, 7) is 4.34. The molecule has 0 saturated carbocycles. The van der Waals surface area contributed by atoms with Crippen LogP contribution in [0.3, 0.4) is 0 Å². The monoisotopic (exact) mass is 256 g/mol. The van der Waals surface area contributed by atoms with E-state index in [1.54, 1.807) is 23.4 Å². The molecule has 2 heterocycles. The molecule has 1 aliphatic heterocycles. The van der Waals surface area contributed by atoms with Gasteiger partial charge in [0.2, 0.25) is 0 Å². The smallest absolute Gasteiger partial charge is 0.287 e. The standard InChI is InChI=1S/C13H12N4O2/c1-11-5-3-2-4-8-16(10-15-11)13-7-6-12(9-14-13)17(18)19/h2-7,9-10H,1,8H2/b4-2-,5-3-,15-10-. The Morgan fingerprint density at radius 2 is 2.21 bits per heavy atom. The third-order valence-corrected chi connectivity index (χ3v) is 2.44. The predicted molar refractivity (Wildman–Crippen MR) is 74.1 cm³/mol. The van der Waals surface area contributed by atoms with Crippen molar-refractivity contribution >= 4 is 17.8 Å². The minimum Gasteiger partial charge on any atom is -0.313 e. The summed E-state index contributed by atoms with van der Waals surface area (Å²) in [4.78, 5) is 20.1. The zero-order chi connectivity index (χ0) is 13.7. The van der Waals surface area contributed by atoms with Gasteiger partial charge in [-0.05, 0) is 12.1 Å². The maximum atomic E-state index is 10.6. The van der Waals surface area contributed by atoms with E-state index in [1.165, 1.54) is 12.3 Å². The van der Waals surface area contributed by atoms with Gasteiger partial charge in [0.25, 0.3) is 5.69 Å². The van der Waals surface area contributed by atoms with Crippen LogP contribution in [-0.4, -0.2) is 22.8 Å². The number of rotatable bonds is 2. The highest BCUT2D eigenvalue weighted by atomic mass is 16.6. The normalized spacial score (nSPS) is 20.0. The second-order valence-electron chi connectivity index (χ2n) is 3.81. The summed E-state index contributed by atoms with van der Waals surface area (Å²) >= 11 is 0. The van der Waals surface area contributed by atoms with E-state index in [-0.39, 0.29) is 5.69 Å². The first-order chi connectivity index (χ1) is 9.16. The van der Waals surface area contributed by atoms with Gasteiger partial charge < -0.3 is 4.90 Å². The van der Waals surface area contributed by atoms with E-state index >= 15 is 0 Å². The van der Waals surface area contributed by atoms with Crippen LogP contribution in [0.5, 0.6) is 0 Å². The van der Waals surface area contributed by atoms with E-state index in [4.69, 9.17) is 0 Å². The first-order valence-electron chi connectivity index (χ1n) is 5.60. The van der Waals surface area contributed by atoms with Crippen molar-refractivity contribution in [1.29, 1.82) is 0 Å². The van der Waals surface area contributed by atoms with Gasteiger partial charge in [0.05, 0.1) is 17.0 Å². The van der Waals surface area contributed by atoms with Crippen LogP contribution in [0.15, 0.2) is 59.9 Å². The van der Waals surface area contributed by atoms with Crippen molar-refractivity contribution < 1.29 is 4.92 Å². The number of hydrogen-bond acceptors (Lipinski definition) is 5. The summed E-state index contributed by atoms with van der Waals surface area (Å²) in [6, 6.07) is 3.01. The fourth-order valence-corrected chi connectivity index (χ4v) is 1.46. The molecule has 0 unspecified atom stereocenters. The number of anilines is 1. The minimum absolute atomic E-state index is 0.0356. The van der Waals surface area contributed by atoms with Gasteiger partial charge in [-0.3, -0.25) is 10.1 Å². The highest BCUT2D eigenvalue weighted by Crippen LogP contribution is 2.15. The van der Waals surface area contributed by atoms with Crippen molar-refractivity contribution in [2.24, 2.45) is 4.99 Å². The van der Waals surface area contributed by atoms with Crippen LogP contribution in [0.1, 0.15) is 0 Å². The molecule has 0 saturated heterocycles. The van der Waals surface area contributed by atoms with E-state index in [0.29, 0.717) is 18.1 Å². The van der Waals surface area contributed by atoms with Crippen molar-refractivity contribution in [3.8, 4) is 0 Å². The van der Waals surface area contributed by atoms with Gasteiger partial charge in [0, 0.05) is 12.6 Å². The lowest BCUT2D eigenvalue weighted by Crippen LogP contribution is -2.22. The number of allylic oxidation sites excluding steroid dienone is 3. The van der Waals surface area contributed by atoms with Gasteiger partial charge in [-0.25, -0.2) is 9.98 Å². The molecule has 2 rings (SSSR count). The van der Waals surface area contributed by atoms with Crippen LogP contribution in [0.25, 0.3) is 0 Å². The minimum atomic E-state index is -0.477. The Morgan fingerprint density at radius 1 is 1.37 bits per heavy atom. The Kier molecular flexibility index (Phi) is 3.82. The molecular weight excluding hydrogens is 244 g/mol. The Hall–Kier alpha value is -2.76. The van der Waals surface area contributed by atoms with E-state index in [9.17, 15) is 10.1 Å². The first kappa shape index (κ1) is 12.7. The van der Waals surface area contributed by atoms with E-state index in [2.05, 4.69) is 16.6 Å². The Morgan fingerprint density at radius 3 is 2.89 bits per heavy atom. The second kappa shape index (κ2) is 5.72. The third kappa shape index (κ3) is 3.35. The number of hydrogen-bond donors (Lipinski definition) is 0. The van der Waals surface area contributed by atoms with Crippen LogP contribution < -0.4 is 4.90 Å². The summed E-state index contributed by atoms with van der Waals surface area (Å²) < 4.78 is 0. The maximum absolute atomic E-state index is 10.6. The van der Waals surface area contributed by atoms with E-state index < -0.39 is 4.92 Å². The highest BCUT2D eigenvalue weighted by molar-refractivity contribution is 5.78. The molecule has 96 valence electrons. The summed E-state index contributed by atoms with van der Waals surface area (Å²) in [5.74, 6) is 0.591. The Bertz CT molecular complexity index is 573. The fraction of sp³-hybridized carbons (Fsp3) is 0.0769. The molecule has 0 bridgehead atoms. The quantitative estimate of drug-likeness (QED) is 0.602. The van der Waals surface area contributed by atoms with Crippen molar-refractivity contribution in [3.05, 3.63) is 65.0 Å². The maximum Gasteiger partial charge on any atom is 0.287 e. The third-order valence-electron chi connectivity index (χ3n) is 2.44. The number of nitrogens with zero attached hydrogens (tertiary/aromatic N) is 4. The summed E-state index contributed by atoms with van der Waals surface area (Å²) in [6.07, 6.45) is 10.3. The van der Waals surface area contributed by atoms with E-state index in [1.807, 2.05) is 18.2 Å². The average Bonchev–Trinajstić information content (AvgIpc) is 2.51. The molecule has 19 heavy (non-hydrogen) atoms. The molecule has 0 atom stereocenters. The average molecular weight is 256 g/mol. The second-order valence-corrected chi connectivity index (χ2v) is 3.81. The molecule has 6 heteroatoms. The molecule has 0 aromatic carbocycles. The molecule has 0 aliphatic carbocycles. The summed E-state index contributed by atoms with van der Waals surface area (Å²) in [5.41, 5.74) is 0.588. The molecule has 1 aromatic heterocycles. The molecule has 0 spiro atoms. The zero-order valence-electron chi connectivity index (χ0n) is 10.1. The van der Waals surface area contributed by atoms with Gasteiger partial charge in [-0.15, -0.1) is 0 Å². The van der Waals surface area contributed by atoms with Crippen LogP contribution in [0.2, 0.25) is 0 Å². The molecular formula is C13H12N4O2. The van der Waals surface area contributed by atoms with Crippen LogP contribution in [0.4, 0.5) is 11.5 Å². The molecule has 6 nitrogen and oxygen atoms in total. The van der Waals surface area contributed by atoms with Crippen molar-refractivity contribution in [3.63, 3.8) is 0 Å². The Labute approximate surface area is 110 Å². The lowest BCUT2D eigenvalue weighted by Gasteiger charge is -2.15. The number of pyridine rings is 1. The van der Waals surface area contributed by atoms with Gasteiger partial charge in [-0.1, -0.05) is 24.8 Å². The van der Waals surface area contributed by atoms with Crippen molar-refractivity contribution in [2.75, 3.05) is 11.4 Å². The highest BCUT2D eigenvalue weighted by Gasteiger charge is 2.09. The molecule has 0 fully saturated rings. The van der Waals surface area contributed by atoms with Gasteiger partial charge in [-0.2, -0.15) is 0 Å². The number of nitro groups is 1. The fourth-order valence-electron chi connectivity index (χ4n) is 1.46. The first-order valence-corrected chi connectivity index (χ1v) is 5.60. The summed E-state index contributed by atoms with van der Waals surface area (Å²) in [7, 11) is 0. The topological polar surface area (TPSA) is 71.6 Å². The lowest BCUT2D eigenvalue weighted by atomic mass is 10.3. The molecule has 0 amide bonds.